The molecule has 0 spiro atoms. The second-order valence-corrected chi connectivity index (χ2v) is 7.92. The maximum Gasteiger partial charge on any atom is 0.321 e. The molecule has 1 aromatic carbocycles. The fourth-order valence-corrected chi connectivity index (χ4v) is 3.53. The summed E-state index contributed by atoms with van der Waals surface area (Å²) in [6.07, 6.45) is 0. The lowest BCUT2D eigenvalue weighted by molar-refractivity contribution is -0.117. The van der Waals surface area contributed by atoms with E-state index in [-0.39, 0.29) is 5.75 Å². The monoisotopic (exact) mass is 429 g/mol. The number of amides is 3. The smallest absolute Gasteiger partial charge is 0.321 e. The van der Waals surface area contributed by atoms with Crippen LogP contribution in [0.4, 0.5) is 4.79 Å². The van der Waals surface area contributed by atoms with Crippen LogP contribution in [0.5, 0.6) is 0 Å². The number of hydrogen-bond donors (Lipinski definition) is 2. The zero-order valence-electron chi connectivity index (χ0n) is 15.3. The molecule has 0 bridgehead atoms. The molecule has 0 saturated heterocycles. The van der Waals surface area contributed by atoms with Crippen LogP contribution in [0.2, 0.25) is 10.0 Å². The van der Waals surface area contributed by atoms with Crippen LogP contribution >= 0.6 is 35.0 Å². The van der Waals surface area contributed by atoms with E-state index in [1.165, 1.54) is 11.8 Å². The van der Waals surface area contributed by atoms with E-state index < -0.39 is 11.9 Å². The molecular formula is C17H21Cl2N5O2S. The molecule has 1 aromatic heterocycles. The average Bonchev–Trinajstić information content (AvgIpc) is 2.95. The fourth-order valence-electron chi connectivity index (χ4n) is 2.29. The molecule has 0 aliphatic rings. The van der Waals surface area contributed by atoms with Gasteiger partial charge in [0.05, 0.1) is 10.8 Å². The number of nitrogens with one attached hydrogen (secondary N) is 2. The van der Waals surface area contributed by atoms with Crippen LogP contribution < -0.4 is 10.6 Å². The standard InChI is InChI=1S/C17H21Cl2N5O2S/c1-4-20-16(26)21-14(25)9-27-17-23-22-15(24(17)8-10(2)3)12-6-5-11(18)7-13(12)19/h5-7,10H,4,8-9H2,1-3H3,(H2,20,21,25,26). The summed E-state index contributed by atoms with van der Waals surface area (Å²) in [5.41, 5.74) is 0.716. The van der Waals surface area contributed by atoms with Crippen LogP contribution in [0.15, 0.2) is 23.4 Å². The van der Waals surface area contributed by atoms with Crippen molar-refractivity contribution in [2.24, 2.45) is 5.92 Å². The van der Waals surface area contributed by atoms with Crippen molar-refractivity contribution < 1.29 is 9.59 Å². The second kappa shape index (κ2) is 9.96. The lowest BCUT2D eigenvalue weighted by atomic mass is 10.2. The Balaban J connectivity index is 2.21. The van der Waals surface area contributed by atoms with Crippen LogP contribution in [0.3, 0.4) is 0 Å². The number of benzene rings is 1. The van der Waals surface area contributed by atoms with Crippen LogP contribution in [0.1, 0.15) is 20.8 Å². The lowest BCUT2D eigenvalue weighted by Crippen LogP contribution is -2.40. The van der Waals surface area contributed by atoms with Crippen molar-refractivity contribution in [3.8, 4) is 11.4 Å². The molecule has 0 saturated carbocycles. The molecular weight excluding hydrogens is 409 g/mol. The number of carbonyl (C=O) groups excluding carboxylic acids is 2. The summed E-state index contributed by atoms with van der Waals surface area (Å²) in [6.45, 7) is 7.02. The normalized spacial score (nSPS) is 10.9. The maximum absolute atomic E-state index is 11.9. The van der Waals surface area contributed by atoms with Gasteiger partial charge in [0.25, 0.3) is 0 Å². The van der Waals surface area contributed by atoms with Gasteiger partial charge in [0.2, 0.25) is 5.91 Å². The quantitative estimate of drug-likeness (QED) is 0.652. The molecule has 2 N–H and O–H groups in total. The first-order valence-electron chi connectivity index (χ1n) is 8.40. The zero-order valence-corrected chi connectivity index (χ0v) is 17.6. The van der Waals surface area contributed by atoms with E-state index in [2.05, 4.69) is 34.7 Å². The molecule has 0 aliphatic heterocycles. The Kier molecular flexibility index (Phi) is 7.94. The van der Waals surface area contributed by atoms with E-state index in [0.29, 0.717) is 45.6 Å². The minimum atomic E-state index is -0.514. The van der Waals surface area contributed by atoms with Gasteiger partial charge in [-0.3, -0.25) is 10.1 Å². The molecule has 10 heteroatoms. The van der Waals surface area contributed by atoms with E-state index in [1.807, 2.05) is 4.57 Å². The number of urea groups is 1. The molecule has 2 rings (SSSR count). The summed E-state index contributed by atoms with van der Waals surface area (Å²) < 4.78 is 1.92. The fraction of sp³-hybridized carbons (Fsp3) is 0.412. The zero-order chi connectivity index (χ0) is 20.0. The highest BCUT2D eigenvalue weighted by Gasteiger charge is 2.19. The number of carbonyl (C=O) groups is 2. The van der Waals surface area contributed by atoms with Gasteiger partial charge in [-0.15, -0.1) is 10.2 Å². The van der Waals surface area contributed by atoms with E-state index in [9.17, 15) is 9.59 Å². The predicted molar refractivity (Wildman–Crippen MR) is 108 cm³/mol. The van der Waals surface area contributed by atoms with Crippen LogP contribution in [0.25, 0.3) is 11.4 Å². The summed E-state index contributed by atoms with van der Waals surface area (Å²) in [5, 5.41) is 14.8. The van der Waals surface area contributed by atoms with Gasteiger partial charge in [-0.1, -0.05) is 48.8 Å². The Bertz CT molecular complexity index is 826. The van der Waals surface area contributed by atoms with Crippen molar-refractivity contribution in [2.45, 2.75) is 32.5 Å². The Hall–Kier alpha value is -1.77. The minimum Gasteiger partial charge on any atom is -0.338 e. The van der Waals surface area contributed by atoms with E-state index >= 15 is 0 Å². The maximum atomic E-state index is 11.9. The highest BCUT2D eigenvalue weighted by Crippen LogP contribution is 2.31. The number of halogens is 2. The summed E-state index contributed by atoms with van der Waals surface area (Å²) >= 11 is 13.5. The van der Waals surface area contributed by atoms with E-state index in [1.54, 1.807) is 25.1 Å². The highest BCUT2D eigenvalue weighted by molar-refractivity contribution is 7.99. The van der Waals surface area contributed by atoms with Crippen LogP contribution in [0, 0.1) is 5.92 Å². The van der Waals surface area contributed by atoms with Crippen molar-refractivity contribution in [3.63, 3.8) is 0 Å². The van der Waals surface area contributed by atoms with Gasteiger partial charge in [-0.2, -0.15) is 0 Å². The van der Waals surface area contributed by atoms with E-state index in [4.69, 9.17) is 23.2 Å². The van der Waals surface area contributed by atoms with Gasteiger partial charge in [0.1, 0.15) is 0 Å². The molecule has 7 nitrogen and oxygen atoms in total. The van der Waals surface area contributed by atoms with Crippen molar-refractivity contribution in [1.82, 2.24) is 25.4 Å². The second-order valence-electron chi connectivity index (χ2n) is 6.13. The summed E-state index contributed by atoms with van der Waals surface area (Å²) in [7, 11) is 0. The van der Waals surface area contributed by atoms with Gasteiger partial charge in [0.15, 0.2) is 11.0 Å². The van der Waals surface area contributed by atoms with Gasteiger partial charge < -0.3 is 9.88 Å². The first-order chi connectivity index (χ1) is 12.8. The third-order valence-corrected chi connectivity index (χ3v) is 4.87. The number of hydrogen-bond acceptors (Lipinski definition) is 5. The summed E-state index contributed by atoms with van der Waals surface area (Å²) in [6, 6.07) is 4.67. The number of thioether (sulfide) groups is 1. The lowest BCUT2D eigenvalue weighted by Gasteiger charge is -2.13. The average molecular weight is 430 g/mol. The predicted octanol–water partition coefficient (Wildman–Crippen LogP) is 3.85. The van der Waals surface area contributed by atoms with Gasteiger partial charge in [-0.25, -0.2) is 4.79 Å². The molecule has 0 atom stereocenters. The van der Waals surface area contributed by atoms with Gasteiger partial charge in [0, 0.05) is 23.7 Å². The first-order valence-corrected chi connectivity index (χ1v) is 10.1. The molecule has 2 aromatic rings. The van der Waals surface area contributed by atoms with Crippen molar-refractivity contribution in [1.29, 1.82) is 0 Å². The van der Waals surface area contributed by atoms with Crippen LogP contribution in [-0.2, 0) is 11.3 Å². The Morgan fingerprint density at radius 1 is 1.26 bits per heavy atom. The first kappa shape index (κ1) is 21.5. The van der Waals surface area contributed by atoms with Crippen molar-refractivity contribution in [2.75, 3.05) is 12.3 Å². The summed E-state index contributed by atoms with van der Waals surface area (Å²) in [5.74, 6) is 0.573. The molecule has 1 heterocycles. The number of aromatic nitrogens is 3. The van der Waals surface area contributed by atoms with Gasteiger partial charge >= 0.3 is 6.03 Å². The number of rotatable bonds is 7. The molecule has 27 heavy (non-hydrogen) atoms. The molecule has 3 amide bonds. The number of imide groups is 1. The third-order valence-electron chi connectivity index (χ3n) is 3.36. The van der Waals surface area contributed by atoms with Crippen LogP contribution in [-0.4, -0.2) is 39.0 Å². The SMILES string of the molecule is CCNC(=O)NC(=O)CSc1nnc(-c2ccc(Cl)cc2Cl)n1CC(C)C. The molecule has 0 unspecified atom stereocenters. The van der Waals surface area contributed by atoms with E-state index in [0.717, 1.165) is 0 Å². The molecule has 146 valence electrons. The number of nitrogens with zero attached hydrogens (tertiary/aromatic N) is 3. The summed E-state index contributed by atoms with van der Waals surface area (Å²) in [4.78, 5) is 23.3. The molecule has 0 aliphatic carbocycles. The minimum absolute atomic E-state index is 0.0434. The Labute approximate surface area is 172 Å². The molecule has 0 radical (unpaired) electrons. The Morgan fingerprint density at radius 3 is 2.63 bits per heavy atom. The highest BCUT2D eigenvalue weighted by atomic mass is 35.5. The Morgan fingerprint density at radius 2 is 2.00 bits per heavy atom. The largest absolute Gasteiger partial charge is 0.338 e. The van der Waals surface area contributed by atoms with Crippen molar-refractivity contribution >= 4 is 46.9 Å². The van der Waals surface area contributed by atoms with Crippen molar-refractivity contribution in [3.05, 3.63) is 28.2 Å². The third kappa shape index (κ3) is 6.12. The topological polar surface area (TPSA) is 88.9 Å². The van der Waals surface area contributed by atoms with Gasteiger partial charge in [-0.05, 0) is 31.0 Å². The molecule has 0 fully saturated rings.